The summed E-state index contributed by atoms with van der Waals surface area (Å²) < 4.78 is 27.3. The highest BCUT2D eigenvalue weighted by molar-refractivity contribution is 7.89. The van der Waals surface area contributed by atoms with Crippen LogP contribution in [0.1, 0.15) is 12.5 Å². The SMILES string of the molecule is CC(C(=O)NCc1ccccc1Cl)N1CCN(S(=O)(=O)c2c(Cl)cccc2Cl)CC1. The van der Waals surface area contributed by atoms with E-state index in [1.807, 2.05) is 23.1 Å². The van der Waals surface area contributed by atoms with Crippen LogP contribution in [-0.2, 0) is 21.4 Å². The van der Waals surface area contributed by atoms with Gasteiger partial charge < -0.3 is 5.32 Å². The molecule has 0 aromatic heterocycles. The number of hydrogen-bond donors (Lipinski definition) is 1. The second-order valence-corrected chi connectivity index (χ2v) is 10.1. The third-order valence-corrected chi connectivity index (χ3v) is 8.35. The van der Waals surface area contributed by atoms with Crippen molar-refractivity contribution in [2.45, 2.75) is 24.4 Å². The van der Waals surface area contributed by atoms with Gasteiger partial charge in [-0.25, -0.2) is 8.42 Å². The van der Waals surface area contributed by atoms with Crippen LogP contribution in [0.25, 0.3) is 0 Å². The summed E-state index contributed by atoms with van der Waals surface area (Å²) in [7, 11) is -3.82. The maximum Gasteiger partial charge on any atom is 0.246 e. The zero-order valence-corrected chi connectivity index (χ0v) is 19.4. The Hall–Kier alpha value is -1.35. The highest BCUT2D eigenvalue weighted by atomic mass is 35.5. The van der Waals surface area contributed by atoms with Gasteiger partial charge in [0.1, 0.15) is 4.90 Å². The fourth-order valence-electron chi connectivity index (χ4n) is 3.33. The van der Waals surface area contributed by atoms with Crippen LogP contribution in [0.15, 0.2) is 47.4 Å². The molecule has 0 radical (unpaired) electrons. The summed E-state index contributed by atoms with van der Waals surface area (Å²) >= 11 is 18.3. The lowest BCUT2D eigenvalue weighted by Gasteiger charge is -2.36. The number of carbonyl (C=O) groups is 1. The molecule has 1 saturated heterocycles. The van der Waals surface area contributed by atoms with Crippen LogP contribution in [0, 0.1) is 0 Å². The van der Waals surface area contributed by atoms with Crippen molar-refractivity contribution in [1.29, 1.82) is 0 Å². The number of amides is 1. The first-order valence-electron chi connectivity index (χ1n) is 9.41. The van der Waals surface area contributed by atoms with E-state index >= 15 is 0 Å². The second kappa shape index (κ2) is 9.85. The molecule has 1 unspecified atom stereocenters. The molecule has 1 N–H and O–H groups in total. The third kappa shape index (κ3) is 5.10. The van der Waals surface area contributed by atoms with Crippen LogP contribution in [0.5, 0.6) is 0 Å². The quantitative estimate of drug-likeness (QED) is 0.671. The Balaban J connectivity index is 1.59. The first-order chi connectivity index (χ1) is 14.2. The monoisotopic (exact) mass is 489 g/mol. The minimum absolute atomic E-state index is 0.0766. The van der Waals surface area contributed by atoms with Gasteiger partial charge in [0, 0.05) is 37.7 Å². The first-order valence-corrected chi connectivity index (χ1v) is 12.0. The van der Waals surface area contributed by atoms with Gasteiger partial charge in [0.15, 0.2) is 0 Å². The lowest BCUT2D eigenvalue weighted by atomic mass is 10.2. The van der Waals surface area contributed by atoms with Gasteiger partial charge >= 0.3 is 0 Å². The molecular formula is C20H22Cl3N3O3S. The van der Waals surface area contributed by atoms with Crippen molar-refractivity contribution in [3.8, 4) is 0 Å². The Morgan fingerprint density at radius 1 is 0.967 bits per heavy atom. The molecule has 3 rings (SSSR count). The van der Waals surface area contributed by atoms with E-state index in [0.717, 1.165) is 5.56 Å². The Morgan fingerprint density at radius 3 is 2.13 bits per heavy atom. The molecule has 0 bridgehead atoms. The maximum atomic E-state index is 13.0. The van der Waals surface area contributed by atoms with Gasteiger partial charge in [0.05, 0.1) is 16.1 Å². The number of hydrogen-bond acceptors (Lipinski definition) is 4. The zero-order chi connectivity index (χ0) is 21.9. The van der Waals surface area contributed by atoms with Crippen LogP contribution < -0.4 is 5.32 Å². The molecule has 30 heavy (non-hydrogen) atoms. The minimum atomic E-state index is -3.82. The highest BCUT2D eigenvalue weighted by Gasteiger charge is 2.34. The summed E-state index contributed by atoms with van der Waals surface area (Å²) in [6.07, 6.45) is 0. The molecule has 0 saturated carbocycles. The standard InChI is InChI=1S/C20H22Cl3N3O3S/c1-14(20(27)24-13-15-5-2-3-6-16(15)21)25-9-11-26(12-10-25)30(28,29)19-17(22)7-4-8-18(19)23/h2-8,14H,9-13H2,1H3,(H,24,27). The topological polar surface area (TPSA) is 69.7 Å². The summed E-state index contributed by atoms with van der Waals surface area (Å²) in [5.41, 5.74) is 0.840. The van der Waals surface area contributed by atoms with Crippen molar-refractivity contribution in [3.05, 3.63) is 63.1 Å². The predicted molar refractivity (Wildman–Crippen MR) is 120 cm³/mol. The maximum absolute atomic E-state index is 13.0. The fraction of sp³-hybridized carbons (Fsp3) is 0.350. The van der Waals surface area contributed by atoms with Crippen molar-refractivity contribution in [2.75, 3.05) is 26.2 Å². The van der Waals surface area contributed by atoms with Gasteiger partial charge in [-0.2, -0.15) is 4.31 Å². The van der Waals surface area contributed by atoms with Gasteiger partial charge in [-0.15, -0.1) is 0 Å². The molecule has 6 nitrogen and oxygen atoms in total. The second-order valence-electron chi connectivity index (χ2n) is 6.98. The number of rotatable bonds is 6. The van der Waals surface area contributed by atoms with Crippen LogP contribution >= 0.6 is 34.8 Å². The Morgan fingerprint density at radius 2 is 1.53 bits per heavy atom. The van der Waals surface area contributed by atoms with Gasteiger partial charge in [0.2, 0.25) is 15.9 Å². The average Bonchev–Trinajstić information content (AvgIpc) is 2.72. The van der Waals surface area contributed by atoms with E-state index in [1.165, 1.54) is 16.4 Å². The number of nitrogens with one attached hydrogen (secondary N) is 1. The molecule has 2 aromatic rings. The van der Waals surface area contributed by atoms with E-state index < -0.39 is 16.1 Å². The molecule has 1 aliphatic heterocycles. The van der Waals surface area contributed by atoms with Gasteiger partial charge in [-0.1, -0.05) is 59.1 Å². The summed E-state index contributed by atoms with van der Waals surface area (Å²) in [5.74, 6) is -0.139. The number of halogens is 3. The Kier molecular flexibility index (Phi) is 7.66. The van der Waals surface area contributed by atoms with Crippen LogP contribution in [0.2, 0.25) is 15.1 Å². The van der Waals surface area contributed by atoms with Gasteiger partial charge in [-0.05, 0) is 30.7 Å². The zero-order valence-electron chi connectivity index (χ0n) is 16.3. The predicted octanol–water partition coefficient (Wildman–Crippen LogP) is 3.66. The summed E-state index contributed by atoms with van der Waals surface area (Å²) in [6, 6.07) is 11.5. The average molecular weight is 491 g/mol. The number of piperazine rings is 1. The molecule has 2 aromatic carbocycles. The smallest absolute Gasteiger partial charge is 0.246 e. The van der Waals surface area contributed by atoms with Gasteiger partial charge in [-0.3, -0.25) is 9.69 Å². The Labute approximate surface area is 191 Å². The first kappa shape index (κ1) is 23.3. The largest absolute Gasteiger partial charge is 0.351 e. The van der Waals surface area contributed by atoms with Crippen LogP contribution in [-0.4, -0.2) is 55.8 Å². The summed E-state index contributed by atoms with van der Waals surface area (Å²) in [5, 5.41) is 3.68. The third-order valence-electron chi connectivity index (χ3n) is 5.13. The molecule has 162 valence electrons. The minimum Gasteiger partial charge on any atom is -0.351 e. The van der Waals surface area contributed by atoms with E-state index in [-0.39, 0.29) is 33.9 Å². The van der Waals surface area contributed by atoms with Crippen molar-refractivity contribution in [2.24, 2.45) is 0 Å². The molecule has 1 amide bonds. The van der Waals surface area contributed by atoms with Gasteiger partial charge in [0.25, 0.3) is 0 Å². The molecule has 0 spiro atoms. The highest BCUT2D eigenvalue weighted by Crippen LogP contribution is 2.32. The van der Waals surface area contributed by atoms with E-state index in [0.29, 0.717) is 24.7 Å². The molecule has 1 heterocycles. The lowest BCUT2D eigenvalue weighted by molar-refractivity contribution is -0.126. The summed E-state index contributed by atoms with van der Waals surface area (Å²) in [6.45, 7) is 3.46. The normalized spacial score (nSPS) is 16.9. The van der Waals surface area contributed by atoms with E-state index in [2.05, 4.69) is 5.32 Å². The van der Waals surface area contributed by atoms with E-state index in [4.69, 9.17) is 34.8 Å². The van der Waals surface area contributed by atoms with Crippen LogP contribution in [0.4, 0.5) is 0 Å². The van der Waals surface area contributed by atoms with Crippen molar-refractivity contribution in [1.82, 2.24) is 14.5 Å². The number of carbonyl (C=O) groups excluding carboxylic acids is 1. The van der Waals surface area contributed by atoms with Crippen molar-refractivity contribution < 1.29 is 13.2 Å². The van der Waals surface area contributed by atoms with Crippen molar-refractivity contribution >= 4 is 50.7 Å². The lowest BCUT2D eigenvalue weighted by Crippen LogP contribution is -2.54. The number of sulfonamides is 1. The molecule has 0 aliphatic carbocycles. The number of benzene rings is 2. The van der Waals surface area contributed by atoms with Crippen LogP contribution in [0.3, 0.4) is 0 Å². The molecule has 10 heteroatoms. The fourth-order valence-corrected chi connectivity index (χ4v) is 6.04. The molecular weight excluding hydrogens is 469 g/mol. The molecule has 1 aliphatic rings. The molecule has 1 fully saturated rings. The molecule has 1 atom stereocenters. The van der Waals surface area contributed by atoms with Crippen molar-refractivity contribution in [3.63, 3.8) is 0 Å². The van der Waals surface area contributed by atoms with E-state index in [1.54, 1.807) is 19.1 Å². The Bertz CT molecular complexity index is 1000. The summed E-state index contributed by atoms with van der Waals surface area (Å²) in [4.78, 5) is 14.4. The number of nitrogens with zero attached hydrogens (tertiary/aromatic N) is 2. The van der Waals surface area contributed by atoms with E-state index in [9.17, 15) is 13.2 Å².